The summed E-state index contributed by atoms with van der Waals surface area (Å²) in [6.07, 6.45) is 0. The van der Waals surface area contributed by atoms with Gasteiger partial charge in [-0.1, -0.05) is 322 Å². The Morgan fingerprint density at radius 2 is 0.261 bits per heavy atom. The molecule has 0 spiro atoms. The topological polar surface area (TPSA) is 0 Å². The molecule has 0 unspecified atom stereocenters. The molecule has 0 amide bonds. The fourth-order valence-electron chi connectivity index (χ4n) is 15.5. The average Bonchev–Trinajstić information content (AvgIpc) is 3.01. The van der Waals surface area contributed by atoms with E-state index in [4.69, 9.17) is 0 Å². The molecule has 1 aromatic carbocycles. The first-order valence-electron chi connectivity index (χ1n) is 28.0. The molecule has 9 heteroatoms. The van der Waals surface area contributed by atoms with Crippen molar-refractivity contribution in [1.29, 1.82) is 0 Å². The minimum Gasteiger partial charge on any atom is -0.0704 e. The van der Waals surface area contributed by atoms with Gasteiger partial charge in [-0.15, -0.1) is 0 Å². The number of hydrogen-bond acceptors (Lipinski definition) is 0. The van der Waals surface area contributed by atoms with Gasteiger partial charge in [0, 0.05) is 0 Å². The second kappa shape index (κ2) is 19.0. The molecule has 0 aromatic heterocycles. The fraction of sp³-hybridized carbons (Fsp3) is 0.900. The van der Waals surface area contributed by atoms with Crippen LogP contribution in [0.15, 0.2) is 18.2 Å². The van der Waals surface area contributed by atoms with Gasteiger partial charge in [-0.25, -0.2) is 0 Å². The zero-order valence-electron chi connectivity index (χ0n) is 55.7. The first-order chi connectivity index (χ1) is 29.2. The lowest BCUT2D eigenvalue weighted by Gasteiger charge is -2.66. The minimum absolute atomic E-state index is 0.225. The summed E-state index contributed by atoms with van der Waals surface area (Å²) in [5, 5.41) is 8.46. The quantitative estimate of drug-likeness (QED) is 0.216. The van der Waals surface area contributed by atoms with Crippen LogP contribution in [0.1, 0.15) is 249 Å². The zero-order valence-corrected chi connectivity index (χ0v) is 64.7. The van der Waals surface area contributed by atoms with E-state index in [1.54, 1.807) is 0 Å². The summed E-state index contributed by atoms with van der Waals surface area (Å²) in [4.78, 5) is 0. The Morgan fingerprint density at radius 1 is 0.188 bits per heavy atom. The largest absolute Gasteiger partial charge is 0.0727 e. The lowest BCUT2D eigenvalue weighted by molar-refractivity contribution is 0.625. The van der Waals surface area contributed by atoms with Crippen LogP contribution in [0.4, 0.5) is 0 Å². The highest BCUT2D eigenvalue weighted by molar-refractivity contribution is 7.69. The lowest BCUT2D eigenvalue weighted by Crippen LogP contribution is -2.83. The summed E-state index contributed by atoms with van der Waals surface area (Å²) >= 11 is 0. The standard InChI is InChI=1S/C60H129Si9/c1-49(2,3)64(37,50(4,5)6)61(65(38,51(7,8)9)52(10,11)12)46-43-47(62(66(39,53(13,14)15)54(16,17)18)67(40,55(19,20)21)56(22,23)24)45-48(44-46)63(68(41,57(25,26)27)58(28,29)30)69(42,59(31,32)33)60(34,35)36/h43-45H,1-42H3. The third-order valence-electron chi connectivity index (χ3n) is 22.8. The number of benzene rings is 1. The van der Waals surface area contributed by atoms with Gasteiger partial charge in [0.05, 0.1) is 69.0 Å². The van der Waals surface area contributed by atoms with Crippen molar-refractivity contribution in [3.05, 3.63) is 18.2 Å². The molecule has 69 heavy (non-hydrogen) atoms. The Bertz CT molecular complexity index is 1490. The summed E-state index contributed by atoms with van der Waals surface area (Å²) in [5.74, 6) is 0. The molecular weight excluding hydrogens is 973 g/mol. The highest BCUT2D eigenvalue weighted by Gasteiger charge is 2.71. The molecular formula is C60H129Si9. The summed E-state index contributed by atoms with van der Waals surface area (Å²) in [6, 6.07) is 9.51. The Labute approximate surface area is 448 Å². The van der Waals surface area contributed by atoms with E-state index in [1.807, 2.05) is 15.6 Å². The van der Waals surface area contributed by atoms with E-state index in [2.05, 4.69) is 307 Å². The Morgan fingerprint density at radius 3 is 0.319 bits per heavy atom. The van der Waals surface area contributed by atoms with Gasteiger partial charge in [0.1, 0.15) is 0 Å². The van der Waals surface area contributed by atoms with Gasteiger partial charge in [0.15, 0.2) is 0 Å². The van der Waals surface area contributed by atoms with E-state index in [0.29, 0.717) is 0 Å². The van der Waals surface area contributed by atoms with Gasteiger partial charge in [-0.3, -0.25) is 0 Å². The van der Waals surface area contributed by atoms with Crippen molar-refractivity contribution in [3.8, 4) is 0 Å². The van der Waals surface area contributed by atoms with Crippen LogP contribution in [0, 0.1) is 0 Å². The Balaban J connectivity index is 6.15. The normalized spacial score (nSPS) is 16.7. The predicted molar refractivity (Wildman–Crippen MR) is 349 cm³/mol. The van der Waals surface area contributed by atoms with Crippen LogP contribution >= 0.6 is 0 Å². The van der Waals surface area contributed by atoms with Crippen LogP contribution in [0.25, 0.3) is 0 Å². The van der Waals surface area contributed by atoms with E-state index in [9.17, 15) is 0 Å². The maximum absolute atomic E-state index is 3.17. The summed E-state index contributed by atoms with van der Waals surface area (Å²) < 4.78 is 0. The fourth-order valence-corrected chi connectivity index (χ4v) is 163. The van der Waals surface area contributed by atoms with Crippen molar-refractivity contribution >= 4 is 84.6 Å². The van der Waals surface area contributed by atoms with Crippen LogP contribution in [0.5, 0.6) is 0 Å². The second-order valence-electron chi connectivity index (χ2n) is 36.7. The van der Waals surface area contributed by atoms with Gasteiger partial charge in [0.25, 0.3) is 0 Å². The van der Waals surface area contributed by atoms with Crippen molar-refractivity contribution in [1.82, 2.24) is 0 Å². The van der Waals surface area contributed by atoms with Crippen LogP contribution in [0.3, 0.4) is 0 Å². The maximum Gasteiger partial charge on any atom is 0.0727 e. The van der Waals surface area contributed by atoms with Gasteiger partial charge < -0.3 is 0 Å². The monoisotopic (exact) mass is 1100 g/mol. The van der Waals surface area contributed by atoms with Crippen molar-refractivity contribution in [3.63, 3.8) is 0 Å². The van der Waals surface area contributed by atoms with Gasteiger partial charge >= 0.3 is 0 Å². The van der Waals surface area contributed by atoms with Gasteiger partial charge in [-0.2, -0.15) is 0 Å². The van der Waals surface area contributed by atoms with Crippen LogP contribution < -0.4 is 15.6 Å². The molecule has 0 aliphatic rings. The molecule has 0 aliphatic heterocycles. The van der Waals surface area contributed by atoms with Crippen molar-refractivity contribution < 1.29 is 0 Å². The third-order valence-corrected chi connectivity index (χ3v) is 145. The number of rotatable bonds is 9. The molecule has 0 N–H and O–H groups in total. The average molecular weight is 1100 g/mol. The zero-order chi connectivity index (χ0) is 56.6. The molecule has 3 radical (unpaired) electrons. The van der Waals surface area contributed by atoms with Crippen molar-refractivity contribution in [2.24, 2.45) is 0 Å². The van der Waals surface area contributed by atoms with E-state index < -0.39 is 69.0 Å². The van der Waals surface area contributed by atoms with Crippen molar-refractivity contribution in [2.45, 2.75) is 349 Å². The third kappa shape index (κ3) is 10.9. The molecule has 0 bridgehead atoms. The second-order valence-corrected chi connectivity index (χ2v) is 104. The van der Waals surface area contributed by atoms with E-state index >= 15 is 0 Å². The summed E-state index contributed by atoms with van der Waals surface area (Å²) in [5.41, 5.74) is 0. The Kier molecular flexibility index (Phi) is 18.7. The highest BCUT2D eigenvalue weighted by Crippen LogP contribution is 2.64. The molecule has 0 saturated heterocycles. The molecule has 0 saturated carbocycles. The maximum atomic E-state index is 3.17. The molecule has 1 rings (SSSR count). The smallest absolute Gasteiger partial charge is 0.0704 e. The minimum atomic E-state index is -2.24. The first kappa shape index (κ1) is 68.2. The van der Waals surface area contributed by atoms with Gasteiger partial charge in [-0.05, 0) is 60.5 Å². The van der Waals surface area contributed by atoms with E-state index in [0.717, 1.165) is 0 Å². The highest BCUT2D eigenvalue weighted by atomic mass is 29.6. The lowest BCUT2D eigenvalue weighted by atomic mass is 10.2. The number of hydrogen-bond donors (Lipinski definition) is 0. The molecule has 0 aliphatic carbocycles. The van der Waals surface area contributed by atoms with Crippen molar-refractivity contribution in [2.75, 3.05) is 0 Å². The molecule has 0 heterocycles. The van der Waals surface area contributed by atoms with Crippen LogP contribution in [-0.4, -0.2) is 69.0 Å². The molecule has 405 valence electrons. The molecule has 0 atom stereocenters. The SMILES string of the molecule is CC(C)(C)[Si](C)([Si](c1cc([Si]([Si](C)(C(C)(C)C)C(C)(C)C)[Si](C)(C(C)(C)C)C(C)(C)C)cc([Si]([Si](C)(C(C)(C)C)C(C)(C)C)[Si](C)(C(C)(C)C)C(C)(C)C)c1)[Si](C)(C(C)(C)C)C(C)(C)C)C(C)(C)C. The van der Waals surface area contributed by atoms with Crippen LogP contribution in [-0.2, 0) is 0 Å². The first-order valence-corrected chi connectivity index (χ1v) is 53.5. The van der Waals surface area contributed by atoms with Crippen LogP contribution in [0.2, 0.25) is 99.7 Å². The molecule has 1 aromatic rings. The molecule has 0 fully saturated rings. The van der Waals surface area contributed by atoms with E-state index in [-0.39, 0.29) is 60.5 Å². The van der Waals surface area contributed by atoms with Gasteiger partial charge in [0.2, 0.25) is 0 Å². The summed E-state index contributed by atoms with van der Waals surface area (Å²) in [6.45, 7) is 116. The predicted octanol–water partition coefficient (Wildman–Crippen LogP) is 20.3. The summed E-state index contributed by atoms with van der Waals surface area (Å²) in [7, 11) is -17.1. The van der Waals surface area contributed by atoms with E-state index in [1.165, 1.54) is 0 Å². The molecule has 0 nitrogen and oxygen atoms in total. The Hall–Kier alpha value is 1.17.